The van der Waals surface area contributed by atoms with Gasteiger partial charge in [-0.3, -0.25) is 10.1 Å². The fraction of sp³-hybridized carbons (Fsp3) is 0.250. The summed E-state index contributed by atoms with van der Waals surface area (Å²) in [6.45, 7) is 1.86. The average molecular weight is 380 g/mol. The summed E-state index contributed by atoms with van der Waals surface area (Å²) >= 11 is 4.09. The van der Waals surface area contributed by atoms with Crippen molar-refractivity contribution >= 4 is 38.3 Å². The first-order chi connectivity index (χ1) is 9.81. The maximum absolute atomic E-state index is 13.0. The molecule has 0 unspecified atom stereocenters. The van der Waals surface area contributed by atoms with Crippen LogP contribution < -0.4 is 5.32 Å². The van der Waals surface area contributed by atoms with Gasteiger partial charge in [0.1, 0.15) is 5.01 Å². The van der Waals surface area contributed by atoms with Crippen LogP contribution in [-0.4, -0.2) is 16.1 Å². The van der Waals surface area contributed by atoms with Gasteiger partial charge in [-0.1, -0.05) is 34.2 Å². The fourth-order valence-electron chi connectivity index (χ4n) is 1.56. The number of carbonyl (C=O) groups excluding carboxylic acids is 1. The van der Waals surface area contributed by atoms with E-state index in [1.54, 1.807) is 0 Å². The van der Waals surface area contributed by atoms with Crippen LogP contribution in [0.2, 0.25) is 0 Å². The quantitative estimate of drug-likeness (QED) is 0.871. The van der Waals surface area contributed by atoms with Crippen LogP contribution in [0.3, 0.4) is 0 Å². The van der Waals surface area contributed by atoms with Crippen molar-refractivity contribution in [3.63, 3.8) is 0 Å². The molecule has 1 amide bonds. The topological polar surface area (TPSA) is 54.9 Å². The van der Waals surface area contributed by atoms with Crippen molar-refractivity contribution in [3.8, 4) is 0 Å². The van der Waals surface area contributed by atoms with Gasteiger partial charge in [0.15, 0.2) is 0 Å². The Morgan fingerprint density at radius 3 is 2.67 bits per heavy atom. The predicted octanol–water partition coefficient (Wildman–Crippen LogP) is 4.13. The molecule has 9 heteroatoms. The van der Waals surface area contributed by atoms with E-state index in [9.17, 15) is 18.0 Å². The highest BCUT2D eigenvalue weighted by Crippen LogP contribution is 2.34. The number of amides is 1. The number of rotatable bonds is 3. The van der Waals surface area contributed by atoms with E-state index in [0.29, 0.717) is 11.4 Å². The number of carbonyl (C=O) groups is 1. The molecule has 0 aliphatic carbocycles. The van der Waals surface area contributed by atoms with Gasteiger partial charge in [0.2, 0.25) is 5.13 Å². The van der Waals surface area contributed by atoms with E-state index in [1.807, 2.05) is 6.92 Å². The third-order valence-corrected chi connectivity index (χ3v) is 4.00. The molecule has 0 spiro atoms. The van der Waals surface area contributed by atoms with Gasteiger partial charge in [-0.05, 0) is 24.6 Å². The Balaban J connectivity index is 2.30. The van der Waals surface area contributed by atoms with Crippen LogP contribution in [0.1, 0.15) is 27.9 Å². The highest BCUT2D eigenvalue weighted by Gasteiger charge is 2.35. The smallest absolute Gasteiger partial charge is 0.296 e. The van der Waals surface area contributed by atoms with Crippen molar-refractivity contribution in [3.05, 3.63) is 38.8 Å². The number of halogens is 4. The minimum absolute atomic E-state index is 0.174. The molecule has 0 radical (unpaired) electrons. The number of hydrogen-bond acceptors (Lipinski definition) is 4. The summed E-state index contributed by atoms with van der Waals surface area (Å²) in [6, 6.07) is 3.36. The number of aromatic nitrogens is 2. The second kappa shape index (κ2) is 6.10. The molecule has 1 N–H and O–H groups in total. The number of anilines is 1. The summed E-state index contributed by atoms with van der Waals surface area (Å²) < 4.78 is 39.1. The Morgan fingerprint density at radius 1 is 1.38 bits per heavy atom. The Morgan fingerprint density at radius 2 is 2.10 bits per heavy atom. The van der Waals surface area contributed by atoms with Crippen LogP contribution >= 0.6 is 27.3 Å². The molecule has 2 aromatic rings. The minimum atomic E-state index is -4.62. The minimum Gasteiger partial charge on any atom is -0.296 e. The molecule has 0 aliphatic rings. The first-order valence-electron chi connectivity index (χ1n) is 5.81. The van der Waals surface area contributed by atoms with E-state index in [4.69, 9.17) is 0 Å². The number of alkyl halides is 3. The lowest BCUT2D eigenvalue weighted by molar-refractivity contribution is -0.137. The zero-order valence-electron chi connectivity index (χ0n) is 10.7. The molecule has 4 nitrogen and oxygen atoms in total. The van der Waals surface area contributed by atoms with E-state index < -0.39 is 23.2 Å². The SMILES string of the molecule is CCc1nnc(NC(=O)c2ccc(Br)cc2C(F)(F)F)s1. The van der Waals surface area contributed by atoms with Crippen molar-refractivity contribution in [1.82, 2.24) is 10.2 Å². The van der Waals surface area contributed by atoms with Crippen molar-refractivity contribution in [2.24, 2.45) is 0 Å². The Bertz CT molecular complexity index is 672. The van der Waals surface area contributed by atoms with Gasteiger partial charge in [-0.2, -0.15) is 13.2 Å². The van der Waals surface area contributed by atoms with Crippen LogP contribution in [-0.2, 0) is 12.6 Å². The number of aryl methyl sites for hydroxylation is 1. The monoisotopic (exact) mass is 379 g/mol. The lowest BCUT2D eigenvalue weighted by atomic mass is 10.1. The molecule has 0 saturated carbocycles. The molecule has 2 rings (SSSR count). The van der Waals surface area contributed by atoms with Crippen molar-refractivity contribution in [2.75, 3.05) is 5.32 Å². The molecule has 0 atom stereocenters. The average Bonchev–Trinajstić information content (AvgIpc) is 2.85. The lowest BCUT2D eigenvalue weighted by Gasteiger charge is -2.12. The van der Waals surface area contributed by atoms with Crippen LogP contribution in [0, 0.1) is 0 Å². The van der Waals surface area contributed by atoms with Crippen LogP contribution in [0.5, 0.6) is 0 Å². The Hall–Kier alpha value is -1.48. The number of benzene rings is 1. The van der Waals surface area contributed by atoms with Crippen molar-refractivity contribution in [2.45, 2.75) is 19.5 Å². The first-order valence-corrected chi connectivity index (χ1v) is 7.42. The van der Waals surface area contributed by atoms with Gasteiger partial charge in [0.25, 0.3) is 5.91 Å². The third kappa shape index (κ3) is 3.79. The van der Waals surface area contributed by atoms with Crippen molar-refractivity contribution < 1.29 is 18.0 Å². The largest absolute Gasteiger partial charge is 0.417 e. The van der Waals surface area contributed by atoms with E-state index in [2.05, 4.69) is 31.4 Å². The maximum atomic E-state index is 13.0. The standard InChI is InChI=1S/C12H9BrF3N3OS/c1-2-9-18-19-11(21-9)17-10(20)7-4-3-6(13)5-8(7)12(14,15)16/h3-5H,2H2,1H3,(H,17,19,20). The molecule has 0 bridgehead atoms. The zero-order chi connectivity index (χ0) is 15.6. The zero-order valence-corrected chi connectivity index (χ0v) is 13.1. The third-order valence-electron chi connectivity index (χ3n) is 2.52. The summed E-state index contributed by atoms with van der Waals surface area (Å²) in [7, 11) is 0. The van der Waals surface area contributed by atoms with E-state index in [1.165, 1.54) is 6.07 Å². The van der Waals surface area contributed by atoms with Gasteiger partial charge < -0.3 is 0 Å². The molecular formula is C12H9BrF3N3OS. The summed E-state index contributed by atoms with van der Waals surface area (Å²) in [6.07, 6.45) is -3.98. The van der Waals surface area contributed by atoms with Gasteiger partial charge in [0.05, 0.1) is 11.1 Å². The maximum Gasteiger partial charge on any atom is 0.417 e. The summed E-state index contributed by atoms with van der Waals surface area (Å²) in [5, 5.41) is 10.7. The molecule has 112 valence electrons. The second-order valence-electron chi connectivity index (χ2n) is 4.00. The molecular weight excluding hydrogens is 371 g/mol. The molecule has 1 aromatic carbocycles. The molecule has 0 saturated heterocycles. The molecule has 0 fully saturated rings. The van der Waals surface area contributed by atoms with Crippen LogP contribution in [0.25, 0.3) is 0 Å². The molecule has 21 heavy (non-hydrogen) atoms. The normalized spacial score (nSPS) is 11.5. The number of nitrogens with zero attached hydrogens (tertiary/aromatic N) is 2. The van der Waals surface area contributed by atoms with Gasteiger partial charge in [-0.25, -0.2) is 0 Å². The summed E-state index contributed by atoms with van der Waals surface area (Å²) in [5.74, 6) is -0.867. The lowest BCUT2D eigenvalue weighted by Crippen LogP contribution is -2.18. The van der Waals surface area contributed by atoms with E-state index >= 15 is 0 Å². The van der Waals surface area contributed by atoms with E-state index in [0.717, 1.165) is 23.5 Å². The second-order valence-corrected chi connectivity index (χ2v) is 5.97. The number of nitrogens with one attached hydrogen (secondary N) is 1. The van der Waals surface area contributed by atoms with Gasteiger partial charge >= 0.3 is 6.18 Å². The van der Waals surface area contributed by atoms with Gasteiger partial charge in [-0.15, -0.1) is 10.2 Å². The van der Waals surface area contributed by atoms with Gasteiger partial charge in [0, 0.05) is 4.47 Å². The molecule has 0 aliphatic heterocycles. The highest BCUT2D eigenvalue weighted by atomic mass is 79.9. The van der Waals surface area contributed by atoms with Crippen LogP contribution in [0.15, 0.2) is 22.7 Å². The fourth-order valence-corrected chi connectivity index (χ4v) is 2.60. The number of hydrogen-bond donors (Lipinski definition) is 1. The first kappa shape index (κ1) is 15.9. The predicted molar refractivity (Wildman–Crippen MR) is 76.4 cm³/mol. The van der Waals surface area contributed by atoms with Crippen molar-refractivity contribution in [1.29, 1.82) is 0 Å². The Labute approximate surface area is 130 Å². The molecule has 1 aromatic heterocycles. The highest BCUT2D eigenvalue weighted by molar-refractivity contribution is 9.10. The van der Waals surface area contributed by atoms with E-state index in [-0.39, 0.29) is 9.60 Å². The summed E-state index contributed by atoms with van der Waals surface area (Å²) in [5.41, 5.74) is -1.46. The Kier molecular flexibility index (Phi) is 4.62. The summed E-state index contributed by atoms with van der Waals surface area (Å²) in [4.78, 5) is 12.0. The van der Waals surface area contributed by atoms with Crippen LogP contribution in [0.4, 0.5) is 18.3 Å². The molecule has 1 heterocycles.